The van der Waals surface area contributed by atoms with Crippen LogP contribution in [0.25, 0.3) is 0 Å². The molecule has 25 heavy (non-hydrogen) atoms. The van der Waals surface area contributed by atoms with Crippen LogP contribution in [-0.2, 0) is 16.6 Å². The summed E-state index contributed by atoms with van der Waals surface area (Å²) in [7, 11) is -3.88. The van der Waals surface area contributed by atoms with Crippen LogP contribution < -0.4 is 14.2 Å². The Morgan fingerprint density at radius 2 is 1.84 bits per heavy atom. The van der Waals surface area contributed by atoms with Crippen LogP contribution in [0.5, 0.6) is 11.5 Å². The predicted octanol–water partition coefficient (Wildman–Crippen LogP) is 2.15. The van der Waals surface area contributed by atoms with Crippen LogP contribution in [-0.4, -0.2) is 26.6 Å². The first-order chi connectivity index (χ1) is 11.9. The summed E-state index contributed by atoms with van der Waals surface area (Å²) in [5.41, 5.74) is 0.854. The van der Waals surface area contributed by atoms with Gasteiger partial charge >= 0.3 is 0 Å². The topological polar surface area (TPSA) is 108 Å². The summed E-state index contributed by atoms with van der Waals surface area (Å²) in [6.45, 7) is 2.50. The van der Waals surface area contributed by atoms with Gasteiger partial charge in [-0.25, -0.2) is 13.1 Å². The first kappa shape index (κ1) is 17.2. The fourth-order valence-corrected chi connectivity index (χ4v) is 3.45. The fraction of sp³-hybridized carbons (Fsp3) is 0.250. The van der Waals surface area contributed by atoms with E-state index in [0.29, 0.717) is 35.8 Å². The first-order valence-corrected chi connectivity index (χ1v) is 8.98. The van der Waals surface area contributed by atoms with Gasteiger partial charge < -0.3 is 9.47 Å². The minimum absolute atomic E-state index is 0.0284. The molecule has 0 aliphatic carbocycles. The zero-order valence-electron chi connectivity index (χ0n) is 13.4. The van der Waals surface area contributed by atoms with Crippen molar-refractivity contribution in [1.29, 1.82) is 0 Å². The van der Waals surface area contributed by atoms with E-state index >= 15 is 0 Å². The minimum atomic E-state index is -3.88. The molecule has 0 saturated heterocycles. The van der Waals surface area contributed by atoms with E-state index in [1.54, 1.807) is 25.1 Å². The lowest BCUT2D eigenvalue weighted by Crippen LogP contribution is -2.23. The molecule has 8 nitrogen and oxygen atoms in total. The molecule has 2 aromatic rings. The Morgan fingerprint density at radius 3 is 2.56 bits per heavy atom. The van der Waals surface area contributed by atoms with E-state index in [9.17, 15) is 18.5 Å². The van der Waals surface area contributed by atoms with Crippen molar-refractivity contribution in [3.05, 3.63) is 57.6 Å². The Morgan fingerprint density at radius 1 is 1.12 bits per heavy atom. The van der Waals surface area contributed by atoms with E-state index in [0.717, 1.165) is 6.07 Å². The highest BCUT2D eigenvalue weighted by molar-refractivity contribution is 7.89. The molecule has 0 amide bonds. The lowest BCUT2D eigenvalue weighted by molar-refractivity contribution is -0.385. The summed E-state index contributed by atoms with van der Waals surface area (Å²) in [4.78, 5) is 10.2. The van der Waals surface area contributed by atoms with Crippen molar-refractivity contribution < 1.29 is 22.8 Å². The third-order valence-corrected chi connectivity index (χ3v) is 5.16. The number of hydrogen-bond acceptors (Lipinski definition) is 6. The maximum absolute atomic E-state index is 12.4. The lowest BCUT2D eigenvalue weighted by atomic mass is 10.2. The highest BCUT2D eigenvalue weighted by atomic mass is 32.2. The highest BCUT2D eigenvalue weighted by Crippen LogP contribution is 2.31. The second-order valence-corrected chi connectivity index (χ2v) is 7.27. The highest BCUT2D eigenvalue weighted by Gasteiger charge is 2.20. The van der Waals surface area contributed by atoms with Gasteiger partial charge in [0.15, 0.2) is 11.5 Å². The second kappa shape index (κ2) is 6.69. The zero-order chi connectivity index (χ0) is 18.0. The van der Waals surface area contributed by atoms with Gasteiger partial charge in [-0.15, -0.1) is 0 Å². The van der Waals surface area contributed by atoms with Crippen LogP contribution in [0.2, 0.25) is 0 Å². The molecule has 0 atom stereocenters. The van der Waals surface area contributed by atoms with Crippen molar-refractivity contribution in [2.75, 3.05) is 13.2 Å². The summed E-state index contributed by atoms with van der Waals surface area (Å²) in [6.07, 6.45) is 0. The SMILES string of the molecule is Cc1ccc(S(=O)(=O)NCc2ccc3c(c2)OCCO3)cc1[N+](=O)[O-]. The molecule has 0 aromatic heterocycles. The number of ether oxygens (including phenoxy) is 2. The van der Waals surface area contributed by atoms with Crippen LogP contribution in [0, 0.1) is 17.0 Å². The number of nitro groups is 1. The number of hydrogen-bond donors (Lipinski definition) is 1. The third-order valence-electron chi connectivity index (χ3n) is 3.76. The van der Waals surface area contributed by atoms with Crippen LogP contribution in [0.15, 0.2) is 41.3 Å². The Labute approximate surface area is 144 Å². The predicted molar refractivity (Wildman–Crippen MR) is 89.3 cm³/mol. The summed E-state index contributed by atoms with van der Waals surface area (Å²) in [6, 6.07) is 8.96. The molecular formula is C16H16N2O6S. The Balaban J connectivity index is 1.78. The van der Waals surface area contributed by atoms with Crippen LogP contribution in [0.4, 0.5) is 5.69 Å². The number of nitro benzene ring substituents is 1. The zero-order valence-corrected chi connectivity index (χ0v) is 14.2. The fourth-order valence-electron chi connectivity index (χ4n) is 2.41. The molecule has 0 spiro atoms. The van der Waals surface area contributed by atoms with E-state index in [1.165, 1.54) is 12.1 Å². The number of nitrogens with zero attached hydrogens (tertiary/aromatic N) is 1. The Hall–Kier alpha value is -2.65. The molecule has 9 heteroatoms. The molecule has 3 rings (SSSR count). The number of sulfonamides is 1. The normalized spacial score (nSPS) is 13.5. The third kappa shape index (κ3) is 3.72. The van der Waals surface area contributed by atoms with Crippen molar-refractivity contribution in [3.8, 4) is 11.5 Å². The van der Waals surface area contributed by atoms with E-state index in [2.05, 4.69) is 4.72 Å². The van der Waals surface area contributed by atoms with Gasteiger partial charge in [0, 0.05) is 18.2 Å². The molecule has 0 saturated carbocycles. The molecule has 1 heterocycles. The van der Waals surface area contributed by atoms with Gasteiger partial charge in [-0.05, 0) is 30.7 Å². The van der Waals surface area contributed by atoms with Crippen molar-refractivity contribution in [1.82, 2.24) is 4.72 Å². The first-order valence-electron chi connectivity index (χ1n) is 7.50. The maximum Gasteiger partial charge on any atom is 0.273 e. The molecule has 0 fully saturated rings. The number of rotatable bonds is 5. The van der Waals surface area contributed by atoms with Crippen LogP contribution in [0.3, 0.4) is 0 Å². The van der Waals surface area contributed by atoms with Gasteiger partial charge in [0.05, 0.1) is 9.82 Å². The van der Waals surface area contributed by atoms with Gasteiger partial charge in [-0.3, -0.25) is 10.1 Å². The largest absolute Gasteiger partial charge is 0.486 e. The summed E-state index contributed by atoms with van der Waals surface area (Å²) in [5.74, 6) is 1.18. The molecular weight excluding hydrogens is 348 g/mol. The van der Waals surface area contributed by atoms with Crippen molar-refractivity contribution in [2.24, 2.45) is 0 Å². The summed E-state index contributed by atoms with van der Waals surface area (Å²) in [5, 5.41) is 11.0. The molecule has 0 bridgehead atoms. The maximum atomic E-state index is 12.4. The van der Waals surface area contributed by atoms with Gasteiger partial charge in [0.2, 0.25) is 10.0 Å². The molecule has 1 N–H and O–H groups in total. The Kier molecular flexibility index (Phi) is 4.60. The van der Waals surface area contributed by atoms with E-state index < -0.39 is 14.9 Å². The van der Waals surface area contributed by atoms with E-state index in [1.807, 2.05) is 0 Å². The molecule has 0 unspecified atom stereocenters. The molecule has 132 valence electrons. The molecule has 0 radical (unpaired) electrons. The van der Waals surface area contributed by atoms with Gasteiger partial charge in [-0.2, -0.15) is 0 Å². The average molecular weight is 364 g/mol. The quantitative estimate of drug-likeness (QED) is 0.643. The second-order valence-electron chi connectivity index (χ2n) is 5.51. The van der Waals surface area contributed by atoms with Gasteiger partial charge in [0.25, 0.3) is 5.69 Å². The number of benzene rings is 2. The number of aryl methyl sites for hydroxylation is 1. The molecule has 2 aromatic carbocycles. The smallest absolute Gasteiger partial charge is 0.273 e. The van der Waals surface area contributed by atoms with Gasteiger partial charge in [0.1, 0.15) is 13.2 Å². The van der Waals surface area contributed by atoms with Crippen molar-refractivity contribution >= 4 is 15.7 Å². The van der Waals surface area contributed by atoms with Gasteiger partial charge in [-0.1, -0.05) is 12.1 Å². The minimum Gasteiger partial charge on any atom is -0.486 e. The van der Waals surface area contributed by atoms with Crippen LogP contribution in [0.1, 0.15) is 11.1 Å². The van der Waals surface area contributed by atoms with E-state index in [-0.39, 0.29) is 17.1 Å². The Bertz CT molecular complexity index is 926. The number of nitrogens with one attached hydrogen (secondary N) is 1. The van der Waals surface area contributed by atoms with Crippen molar-refractivity contribution in [3.63, 3.8) is 0 Å². The number of fused-ring (bicyclic) bond motifs is 1. The monoisotopic (exact) mass is 364 g/mol. The average Bonchev–Trinajstić information content (AvgIpc) is 2.60. The molecule has 1 aliphatic heterocycles. The van der Waals surface area contributed by atoms with Crippen LogP contribution >= 0.6 is 0 Å². The summed E-state index contributed by atoms with van der Waals surface area (Å²) >= 11 is 0. The molecule has 1 aliphatic rings. The lowest BCUT2D eigenvalue weighted by Gasteiger charge is -2.19. The summed E-state index contributed by atoms with van der Waals surface area (Å²) < 4.78 is 38.1. The standard InChI is InChI=1S/C16H16N2O6S/c1-11-2-4-13(9-14(11)18(19)20)25(21,22)17-10-12-3-5-15-16(8-12)24-7-6-23-15/h2-5,8-9,17H,6-7,10H2,1H3. The van der Waals surface area contributed by atoms with Crippen molar-refractivity contribution in [2.45, 2.75) is 18.4 Å². The van der Waals surface area contributed by atoms with E-state index in [4.69, 9.17) is 9.47 Å².